The van der Waals surface area contributed by atoms with Gasteiger partial charge in [0.25, 0.3) is 7.82 Å². The van der Waals surface area contributed by atoms with Gasteiger partial charge in [-0.3, -0.25) is 14.2 Å². The Morgan fingerprint density at radius 3 is 1.39 bits per heavy atom. The van der Waals surface area contributed by atoms with Gasteiger partial charge in [-0.2, -0.15) is 0 Å². The highest BCUT2D eigenvalue weighted by Gasteiger charge is 2.21. The molecule has 0 fully saturated rings. The average molecular weight is 788 g/mol. The number of unbranched alkanes of at least 4 members (excludes halogenated alkanes) is 25. The van der Waals surface area contributed by atoms with E-state index in [0.29, 0.717) is 17.4 Å². The third-order valence-corrected chi connectivity index (χ3v) is 10.7. The van der Waals surface area contributed by atoms with Crippen molar-refractivity contribution in [2.45, 2.75) is 213 Å². The van der Waals surface area contributed by atoms with E-state index in [1.54, 1.807) is 0 Å². The van der Waals surface area contributed by atoms with E-state index >= 15 is 0 Å². The fourth-order valence-corrected chi connectivity index (χ4v) is 6.97. The molecule has 1 unspecified atom stereocenters. The van der Waals surface area contributed by atoms with Crippen LogP contribution < -0.4 is 4.89 Å². The first-order chi connectivity index (χ1) is 26.0. The number of esters is 2. The Bertz CT molecular complexity index is 938. The monoisotopic (exact) mass is 788 g/mol. The van der Waals surface area contributed by atoms with Crippen molar-refractivity contribution >= 4 is 19.8 Å². The molecular formula is C44H86NO8P. The number of rotatable bonds is 41. The third-order valence-electron chi connectivity index (χ3n) is 9.79. The first-order valence-electron chi connectivity index (χ1n) is 22.4. The van der Waals surface area contributed by atoms with Crippen molar-refractivity contribution in [3.63, 3.8) is 0 Å². The van der Waals surface area contributed by atoms with E-state index < -0.39 is 26.5 Å². The average Bonchev–Trinajstić information content (AvgIpc) is 3.12. The van der Waals surface area contributed by atoms with Gasteiger partial charge < -0.3 is 27.9 Å². The number of hydrogen-bond donors (Lipinski definition) is 0. The number of likely N-dealkylation sites (N-methyl/N-ethyl adjacent to an activating group) is 1. The zero-order valence-corrected chi connectivity index (χ0v) is 36.8. The Hall–Kier alpha value is -1.25. The lowest BCUT2D eigenvalue weighted by molar-refractivity contribution is -0.870. The molecule has 0 aliphatic rings. The first kappa shape index (κ1) is 52.8. The molecule has 0 aromatic heterocycles. The van der Waals surface area contributed by atoms with Gasteiger partial charge in [0, 0.05) is 12.8 Å². The molecule has 9 nitrogen and oxygen atoms in total. The van der Waals surface area contributed by atoms with Crippen LogP contribution in [-0.4, -0.2) is 70.0 Å². The number of phosphoric acid groups is 1. The Morgan fingerprint density at radius 2 is 0.944 bits per heavy atom. The second-order valence-electron chi connectivity index (χ2n) is 16.4. The summed E-state index contributed by atoms with van der Waals surface area (Å²) in [5.74, 6) is -0.830. The van der Waals surface area contributed by atoms with Gasteiger partial charge >= 0.3 is 11.9 Å². The van der Waals surface area contributed by atoms with E-state index in [4.69, 9.17) is 18.5 Å². The summed E-state index contributed by atoms with van der Waals surface area (Å²) in [7, 11) is 1.17. The summed E-state index contributed by atoms with van der Waals surface area (Å²) in [5.41, 5.74) is 0. The van der Waals surface area contributed by atoms with Crippen molar-refractivity contribution in [1.29, 1.82) is 0 Å². The highest BCUT2D eigenvalue weighted by Crippen LogP contribution is 2.38. The molecular weight excluding hydrogens is 701 g/mol. The van der Waals surface area contributed by atoms with Gasteiger partial charge in [0.1, 0.15) is 19.8 Å². The summed E-state index contributed by atoms with van der Waals surface area (Å²) >= 11 is 0. The van der Waals surface area contributed by atoms with Crippen molar-refractivity contribution < 1.29 is 42.1 Å². The van der Waals surface area contributed by atoms with E-state index in [0.717, 1.165) is 44.9 Å². The summed E-state index contributed by atoms with van der Waals surface area (Å²) < 4.78 is 33.9. The van der Waals surface area contributed by atoms with Gasteiger partial charge in [-0.15, -0.1) is 0 Å². The number of nitrogens with zero attached hydrogens (tertiary/aromatic N) is 1. The smallest absolute Gasteiger partial charge is 0.306 e. The van der Waals surface area contributed by atoms with Crippen LogP contribution in [0.15, 0.2) is 12.2 Å². The number of quaternary nitrogens is 1. The van der Waals surface area contributed by atoms with Gasteiger partial charge in [0.15, 0.2) is 6.10 Å². The Balaban J connectivity index is 4.33. The molecule has 0 rings (SSSR count). The molecule has 0 heterocycles. The van der Waals surface area contributed by atoms with E-state index in [2.05, 4.69) is 26.0 Å². The van der Waals surface area contributed by atoms with Gasteiger partial charge in [0.05, 0.1) is 27.7 Å². The van der Waals surface area contributed by atoms with Crippen LogP contribution in [0.2, 0.25) is 0 Å². The normalized spacial score (nSPS) is 13.7. The number of ether oxygens (including phenoxy) is 2. The van der Waals surface area contributed by atoms with Crippen LogP contribution in [0, 0.1) is 0 Å². The van der Waals surface area contributed by atoms with E-state index in [9.17, 15) is 19.0 Å². The zero-order valence-electron chi connectivity index (χ0n) is 35.9. The summed E-state index contributed by atoms with van der Waals surface area (Å²) in [4.78, 5) is 37.5. The highest BCUT2D eigenvalue weighted by molar-refractivity contribution is 7.45. The van der Waals surface area contributed by atoms with Crippen molar-refractivity contribution in [2.24, 2.45) is 0 Å². The number of phosphoric ester groups is 1. The number of carbonyl (C=O) groups is 2. The van der Waals surface area contributed by atoms with Crippen LogP contribution in [-0.2, 0) is 32.7 Å². The molecule has 0 bridgehead atoms. The molecule has 0 N–H and O–H groups in total. The molecule has 0 radical (unpaired) electrons. The molecule has 0 amide bonds. The van der Waals surface area contributed by atoms with Gasteiger partial charge in [0.2, 0.25) is 0 Å². The Labute approximate surface area is 333 Å². The van der Waals surface area contributed by atoms with Crippen LogP contribution in [0.25, 0.3) is 0 Å². The fourth-order valence-electron chi connectivity index (χ4n) is 6.24. The minimum Gasteiger partial charge on any atom is -0.756 e. The third kappa shape index (κ3) is 40.4. The van der Waals surface area contributed by atoms with Crippen LogP contribution in [0.4, 0.5) is 0 Å². The summed E-state index contributed by atoms with van der Waals surface area (Å²) in [6.07, 6.45) is 38.0. The first-order valence-corrected chi connectivity index (χ1v) is 23.9. The predicted molar refractivity (Wildman–Crippen MR) is 222 cm³/mol. The van der Waals surface area contributed by atoms with Gasteiger partial charge in [-0.25, -0.2) is 0 Å². The topological polar surface area (TPSA) is 111 Å². The van der Waals surface area contributed by atoms with E-state index in [-0.39, 0.29) is 32.0 Å². The summed E-state index contributed by atoms with van der Waals surface area (Å²) in [6.45, 7) is 4.23. The molecule has 0 aliphatic carbocycles. The molecule has 54 heavy (non-hydrogen) atoms. The largest absolute Gasteiger partial charge is 0.756 e. The maximum atomic E-state index is 12.7. The van der Waals surface area contributed by atoms with Crippen LogP contribution >= 0.6 is 7.82 Å². The number of allylic oxidation sites excluding steroid dienone is 2. The van der Waals surface area contributed by atoms with Crippen LogP contribution in [0.3, 0.4) is 0 Å². The second kappa shape index (κ2) is 37.3. The molecule has 0 aliphatic heterocycles. The van der Waals surface area contributed by atoms with Gasteiger partial charge in [-0.1, -0.05) is 167 Å². The molecule has 0 saturated carbocycles. The molecule has 2 atom stereocenters. The van der Waals surface area contributed by atoms with Crippen molar-refractivity contribution in [3.05, 3.63) is 12.2 Å². The highest BCUT2D eigenvalue weighted by atomic mass is 31.2. The Kier molecular flexibility index (Phi) is 36.5. The number of hydrogen-bond acceptors (Lipinski definition) is 8. The fraction of sp³-hybridized carbons (Fsp3) is 0.909. The molecule has 0 aromatic carbocycles. The lowest BCUT2D eigenvalue weighted by Gasteiger charge is -2.28. The molecule has 10 heteroatoms. The van der Waals surface area contributed by atoms with E-state index in [1.807, 2.05) is 21.1 Å². The van der Waals surface area contributed by atoms with Crippen LogP contribution in [0.1, 0.15) is 206 Å². The molecule has 320 valence electrons. The predicted octanol–water partition coefficient (Wildman–Crippen LogP) is 11.9. The van der Waals surface area contributed by atoms with Crippen molar-refractivity contribution in [2.75, 3.05) is 47.5 Å². The molecule has 0 spiro atoms. The lowest BCUT2D eigenvalue weighted by atomic mass is 10.0. The van der Waals surface area contributed by atoms with Crippen molar-refractivity contribution in [3.8, 4) is 0 Å². The van der Waals surface area contributed by atoms with E-state index in [1.165, 1.54) is 128 Å². The standard InChI is InChI=1S/C44H86NO8P/c1-6-8-10-12-14-16-18-20-22-24-26-28-30-32-34-36-43(46)50-40-42(41-52-54(48,49)51-39-38-45(3,4)5)53-44(47)37-35-33-31-29-27-25-23-21-19-17-15-13-11-9-7-2/h17,19,42H,6-16,18,20-41H2,1-5H3/b19-17+/t42-/m1/s1. The van der Waals surface area contributed by atoms with Crippen LogP contribution in [0.5, 0.6) is 0 Å². The molecule has 0 aromatic rings. The summed E-state index contributed by atoms with van der Waals surface area (Å²) in [6, 6.07) is 0. The zero-order chi connectivity index (χ0) is 40.0. The summed E-state index contributed by atoms with van der Waals surface area (Å²) in [5, 5.41) is 0. The molecule has 0 saturated heterocycles. The minimum absolute atomic E-state index is 0.0286. The Morgan fingerprint density at radius 1 is 0.556 bits per heavy atom. The lowest BCUT2D eigenvalue weighted by Crippen LogP contribution is -2.37. The SMILES string of the molecule is CCCCCC/C=C/CCCCCCCCCC(=O)O[C@H](COC(=O)CCCCCCCCCCCCCCCCC)COP(=O)([O-])OCC[N+](C)(C)C. The number of carbonyl (C=O) groups excluding carboxylic acids is 2. The minimum atomic E-state index is -4.62. The second-order valence-corrected chi connectivity index (χ2v) is 17.8. The van der Waals surface area contributed by atoms with Crippen molar-refractivity contribution in [1.82, 2.24) is 0 Å². The maximum absolute atomic E-state index is 12.7. The maximum Gasteiger partial charge on any atom is 0.306 e. The van der Waals surface area contributed by atoms with Gasteiger partial charge in [-0.05, 0) is 38.5 Å². The quantitative estimate of drug-likeness (QED) is 0.0198.